The molecule has 0 aliphatic heterocycles. The average molecular weight is 338 g/mol. The number of amides is 1. The summed E-state index contributed by atoms with van der Waals surface area (Å²) in [6, 6.07) is 9.62. The fourth-order valence-corrected chi connectivity index (χ4v) is 3.57. The molecule has 100 valence electrons. The number of halogens is 1. The van der Waals surface area contributed by atoms with Gasteiger partial charge in [-0.1, -0.05) is 12.1 Å². The third-order valence-electron chi connectivity index (χ3n) is 3.01. The van der Waals surface area contributed by atoms with Gasteiger partial charge in [0.15, 0.2) is 0 Å². The maximum Gasteiger partial charge on any atom is 0.252 e. The maximum atomic E-state index is 12.2. The first-order chi connectivity index (χ1) is 8.99. The van der Waals surface area contributed by atoms with Crippen molar-refractivity contribution in [2.75, 3.05) is 0 Å². The van der Waals surface area contributed by atoms with E-state index in [2.05, 4.69) is 41.2 Å². The quantitative estimate of drug-likeness (QED) is 0.869. The van der Waals surface area contributed by atoms with Gasteiger partial charge in [0, 0.05) is 14.2 Å². The molecule has 1 aromatic carbocycles. The molecule has 2 aromatic rings. The molecule has 0 spiro atoms. The Morgan fingerprint density at radius 2 is 2.00 bits per heavy atom. The van der Waals surface area contributed by atoms with Crippen molar-refractivity contribution in [3.8, 4) is 0 Å². The zero-order valence-corrected chi connectivity index (χ0v) is 13.6. The Morgan fingerprint density at radius 3 is 2.58 bits per heavy atom. The molecule has 0 saturated heterocycles. The van der Waals surface area contributed by atoms with E-state index in [-0.39, 0.29) is 11.9 Å². The number of hydrogen-bond acceptors (Lipinski definition) is 2. The zero-order valence-electron chi connectivity index (χ0n) is 11.2. The van der Waals surface area contributed by atoms with Crippen molar-refractivity contribution in [2.45, 2.75) is 26.8 Å². The Hall–Kier alpha value is -1.13. The van der Waals surface area contributed by atoms with Gasteiger partial charge in [0.2, 0.25) is 0 Å². The molecule has 0 radical (unpaired) electrons. The van der Waals surface area contributed by atoms with Crippen molar-refractivity contribution in [1.29, 1.82) is 0 Å². The minimum absolute atomic E-state index is 0.0181. The van der Waals surface area contributed by atoms with E-state index in [1.807, 2.05) is 31.2 Å². The second-order valence-electron chi connectivity index (χ2n) is 4.54. The molecule has 1 aromatic heterocycles. The fraction of sp³-hybridized carbons (Fsp3) is 0.267. The molecule has 1 unspecified atom stereocenters. The summed E-state index contributed by atoms with van der Waals surface area (Å²) >= 11 is 5.17. The summed E-state index contributed by atoms with van der Waals surface area (Å²) in [5, 5.41) is 3.05. The molecule has 4 heteroatoms. The monoisotopic (exact) mass is 337 g/mol. The van der Waals surface area contributed by atoms with Crippen molar-refractivity contribution >= 4 is 33.2 Å². The van der Waals surface area contributed by atoms with Crippen LogP contribution < -0.4 is 5.32 Å². The van der Waals surface area contributed by atoms with Crippen LogP contribution in [0.15, 0.2) is 34.8 Å². The van der Waals surface area contributed by atoms with Gasteiger partial charge in [-0.15, -0.1) is 11.3 Å². The Morgan fingerprint density at radius 1 is 1.32 bits per heavy atom. The number of hydrogen-bond donors (Lipinski definition) is 1. The highest BCUT2D eigenvalue weighted by Crippen LogP contribution is 2.26. The maximum absolute atomic E-state index is 12.2. The van der Waals surface area contributed by atoms with E-state index in [4.69, 9.17) is 0 Å². The molecule has 0 aliphatic carbocycles. The largest absolute Gasteiger partial charge is 0.345 e. The predicted octanol–water partition coefficient (Wildman–Crippen LogP) is 4.62. The minimum Gasteiger partial charge on any atom is -0.345 e. The Kier molecular flexibility index (Phi) is 4.42. The lowest BCUT2D eigenvalue weighted by Crippen LogP contribution is -2.27. The summed E-state index contributed by atoms with van der Waals surface area (Å²) in [5.41, 5.74) is 1.86. The topological polar surface area (TPSA) is 29.1 Å². The SMILES string of the molecule is Cc1cc(C(C)NC(=O)c2ccccc2Br)c(C)s1. The van der Waals surface area contributed by atoms with Crippen molar-refractivity contribution in [3.05, 3.63) is 55.7 Å². The molecule has 2 nitrogen and oxygen atoms in total. The molecule has 0 bridgehead atoms. The summed E-state index contributed by atoms with van der Waals surface area (Å²) in [5.74, 6) is -0.0526. The van der Waals surface area contributed by atoms with E-state index in [1.165, 1.54) is 15.3 Å². The molecular formula is C15H16BrNOS. The molecule has 1 amide bonds. The lowest BCUT2D eigenvalue weighted by molar-refractivity contribution is 0.0939. The Labute approximate surface area is 126 Å². The summed E-state index contributed by atoms with van der Waals surface area (Å²) in [4.78, 5) is 14.8. The van der Waals surface area contributed by atoms with Crippen LogP contribution in [0.1, 0.15) is 38.6 Å². The van der Waals surface area contributed by atoms with Crippen LogP contribution in [0.3, 0.4) is 0 Å². The number of thiophene rings is 1. The van der Waals surface area contributed by atoms with Crippen LogP contribution in [0.2, 0.25) is 0 Å². The molecule has 1 atom stereocenters. The number of nitrogens with one attached hydrogen (secondary N) is 1. The van der Waals surface area contributed by atoms with Gasteiger partial charge in [0.05, 0.1) is 11.6 Å². The van der Waals surface area contributed by atoms with Gasteiger partial charge in [0.25, 0.3) is 5.91 Å². The first-order valence-corrected chi connectivity index (χ1v) is 7.72. The highest BCUT2D eigenvalue weighted by Gasteiger charge is 2.16. The molecule has 2 rings (SSSR count). The normalized spacial score (nSPS) is 12.2. The van der Waals surface area contributed by atoms with Gasteiger partial charge in [-0.25, -0.2) is 0 Å². The van der Waals surface area contributed by atoms with Crippen molar-refractivity contribution < 1.29 is 4.79 Å². The van der Waals surface area contributed by atoms with E-state index < -0.39 is 0 Å². The molecule has 1 N–H and O–H groups in total. The molecule has 1 heterocycles. The third-order valence-corrected chi connectivity index (χ3v) is 4.69. The van der Waals surface area contributed by atoms with Crippen LogP contribution in [0.25, 0.3) is 0 Å². The van der Waals surface area contributed by atoms with E-state index in [9.17, 15) is 4.79 Å². The van der Waals surface area contributed by atoms with E-state index in [0.717, 1.165) is 4.47 Å². The first kappa shape index (κ1) is 14.3. The van der Waals surface area contributed by atoms with E-state index in [0.29, 0.717) is 5.56 Å². The van der Waals surface area contributed by atoms with Gasteiger partial charge in [-0.3, -0.25) is 4.79 Å². The van der Waals surface area contributed by atoms with Crippen molar-refractivity contribution in [1.82, 2.24) is 5.32 Å². The second kappa shape index (κ2) is 5.88. The number of aryl methyl sites for hydroxylation is 2. The predicted molar refractivity (Wildman–Crippen MR) is 83.8 cm³/mol. The Balaban J connectivity index is 2.15. The van der Waals surface area contributed by atoms with Gasteiger partial charge >= 0.3 is 0 Å². The first-order valence-electron chi connectivity index (χ1n) is 6.11. The van der Waals surface area contributed by atoms with Crippen LogP contribution in [0.4, 0.5) is 0 Å². The lowest BCUT2D eigenvalue weighted by atomic mass is 10.1. The number of rotatable bonds is 3. The van der Waals surface area contributed by atoms with Crippen molar-refractivity contribution in [3.63, 3.8) is 0 Å². The van der Waals surface area contributed by atoms with E-state index >= 15 is 0 Å². The average Bonchev–Trinajstić information content (AvgIpc) is 2.69. The number of carbonyl (C=O) groups is 1. The van der Waals surface area contributed by atoms with Crippen LogP contribution >= 0.6 is 27.3 Å². The molecule has 0 saturated carbocycles. The van der Waals surface area contributed by atoms with Crippen LogP contribution in [-0.2, 0) is 0 Å². The summed E-state index contributed by atoms with van der Waals surface area (Å²) < 4.78 is 0.818. The fourth-order valence-electron chi connectivity index (χ4n) is 2.08. The third kappa shape index (κ3) is 3.25. The number of carbonyl (C=O) groups excluding carboxylic acids is 1. The lowest BCUT2D eigenvalue weighted by Gasteiger charge is -2.14. The highest BCUT2D eigenvalue weighted by molar-refractivity contribution is 9.10. The molecule has 0 fully saturated rings. The molecule has 0 aliphatic rings. The summed E-state index contributed by atoms with van der Waals surface area (Å²) in [6.07, 6.45) is 0. The second-order valence-corrected chi connectivity index (χ2v) is 6.86. The number of benzene rings is 1. The van der Waals surface area contributed by atoms with Crippen LogP contribution in [0, 0.1) is 13.8 Å². The molecule has 19 heavy (non-hydrogen) atoms. The molecular weight excluding hydrogens is 322 g/mol. The van der Waals surface area contributed by atoms with Gasteiger partial charge in [-0.05, 0) is 60.5 Å². The summed E-state index contributed by atoms with van der Waals surface area (Å²) in [7, 11) is 0. The van der Waals surface area contributed by atoms with Crippen LogP contribution in [-0.4, -0.2) is 5.91 Å². The van der Waals surface area contributed by atoms with Gasteiger partial charge in [-0.2, -0.15) is 0 Å². The Bertz CT molecular complexity index is 606. The van der Waals surface area contributed by atoms with Crippen molar-refractivity contribution in [2.24, 2.45) is 0 Å². The zero-order chi connectivity index (χ0) is 14.0. The van der Waals surface area contributed by atoms with Crippen LogP contribution in [0.5, 0.6) is 0 Å². The minimum atomic E-state index is -0.0526. The van der Waals surface area contributed by atoms with Gasteiger partial charge in [0.1, 0.15) is 0 Å². The van der Waals surface area contributed by atoms with Gasteiger partial charge < -0.3 is 5.32 Å². The summed E-state index contributed by atoms with van der Waals surface area (Å²) in [6.45, 7) is 6.20. The standard InChI is InChI=1S/C15H16BrNOS/c1-9-8-13(11(3)19-9)10(2)17-15(18)12-6-4-5-7-14(12)16/h4-8,10H,1-3H3,(H,17,18). The van der Waals surface area contributed by atoms with E-state index in [1.54, 1.807) is 11.3 Å². The smallest absolute Gasteiger partial charge is 0.252 e. The highest BCUT2D eigenvalue weighted by atomic mass is 79.9.